The first-order valence-corrected chi connectivity index (χ1v) is 5.81. The van der Waals surface area contributed by atoms with Crippen LogP contribution in [-0.2, 0) is 9.53 Å². The number of carbonyl (C=O) groups is 1. The van der Waals surface area contributed by atoms with Crippen LogP contribution in [0.4, 0.5) is 0 Å². The maximum Gasteiger partial charge on any atom is 0.233 e. The summed E-state index contributed by atoms with van der Waals surface area (Å²) in [6.07, 6.45) is 6.09. The Kier molecular flexibility index (Phi) is 9.52. The van der Waals surface area contributed by atoms with E-state index in [1.165, 1.54) is 0 Å². The first-order chi connectivity index (χ1) is 7.20. The van der Waals surface area contributed by atoms with Crippen molar-refractivity contribution in [3.05, 3.63) is 0 Å². The Labute approximate surface area is 92.5 Å². The molecule has 0 aliphatic heterocycles. The van der Waals surface area contributed by atoms with Gasteiger partial charge < -0.3 is 4.74 Å². The number of ether oxygens (including phenoxy) is 1. The van der Waals surface area contributed by atoms with Crippen molar-refractivity contribution in [2.75, 3.05) is 6.61 Å². The summed E-state index contributed by atoms with van der Waals surface area (Å²) < 4.78 is 5.59. The zero-order chi connectivity index (χ0) is 11.5. The topological polar surface area (TPSA) is 64.3 Å². The highest BCUT2D eigenvalue weighted by molar-refractivity contribution is 5.74. The van der Waals surface area contributed by atoms with E-state index in [1.807, 2.05) is 0 Å². The molecule has 0 saturated heterocycles. The Hall–Kier alpha value is -0.610. The van der Waals surface area contributed by atoms with Gasteiger partial charge in [-0.05, 0) is 26.2 Å². The van der Waals surface area contributed by atoms with Gasteiger partial charge in [0.15, 0.2) is 0 Å². The Balaban J connectivity index is 3.14. The molecule has 1 unspecified atom stereocenters. The minimum Gasteiger partial charge on any atom is -0.379 e. The lowest BCUT2D eigenvalue weighted by molar-refractivity contribution is -0.121. The first-order valence-electron chi connectivity index (χ1n) is 5.81. The fraction of sp³-hybridized carbons (Fsp3) is 0.909. The summed E-state index contributed by atoms with van der Waals surface area (Å²) in [5.74, 6) is 4.87. The van der Waals surface area contributed by atoms with E-state index in [4.69, 9.17) is 10.6 Å². The van der Waals surface area contributed by atoms with Crippen LogP contribution in [0, 0.1) is 0 Å². The summed E-state index contributed by atoms with van der Waals surface area (Å²) in [5, 5.41) is 0. The molecular weight excluding hydrogens is 192 g/mol. The monoisotopic (exact) mass is 216 g/mol. The van der Waals surface area contributed by atoms with Gasteiger partial charge in [0, 0.05) is 13.0 Å². The van der Waals surface area contributed by atoms with Crippen LogP contribution in [0.5, 0.6) is 0 Å². The average molecular weight is 216 g/mol. The number of nitrogens with one attached hydrogen (secondary N) is 1. The molecule has 0 spiro atoms. The highest BCUT2D eigenvalue weighted by atomic mass is 16.5. The van der Waals surface area contributed by atoms with Crippen molar-refractivity contribution in [2.45, 2.75) is 58.5 Å². The van der Waals surface area contributed by atoms with Crippen molar-refractivity contribution < 1.29 is 9.53 Å². The zero-order valence-corrected chi connectivity index (χ0v) is 9.92. The minimum absolute atomic E-state index is 0.0877. The van der Waals surface area contributed by atoms with E-state index in [9.17, 15) is 4.79 Å². The van der Waals surface area contributed by atoms with Crippen LogP contribution in [0.2, 0.25) is 0 Å². The van der Waals surface area contributed by atoms with E-state index in [-0.39, 0.29) is 5.91 Å². The maximum absolute atomic E-state index is 10.8. The minimum atomic E-state index is -0.0877. The molecule has 0 aromatic carbocycles. The van der Waals surface area contributed by atoms with Gasteiger partial charge in [0.05, 0.1) is 6.10 Å². The van der Waals surface area contributed by atoms with Crippen LogP contribution in [-0.4, -0.2) is 18.6 Å². The molecule has 15 heavy (non-hydrogen) atoms. The van der Waals surface area contributed by atoms with Crippen molar-refractivity contribution >= 4 is 5.91 Å². The largest absolute Gasteiger partial charge is 0.379 e. The third-order valence-electron chi connectivity index (χ3n) is 2.31. The van der Waals surface area contributed by atoms with Gasteiger partial charge in [0.2, 0.25) is 5.91 Å². The van der Waals surface area contributed by atoms with Crippen LogP contribution in [0.1, 0.15) is 52.4 Å². The Morgan fingerprint density at radius 1 is 1.40 bits per heavy atom. The molecule has 0 bridgehead atoms. The van der Waals surface area contributed by atoms with E-state index < -0.39 is 0 Å². The van der Waals surface area contributed by atoms with Crippen molar-refractivity contribution in [1.29, 1.82) is 0 Å². The summed E-state index contributed by atoms with van der Waals surface area (Å²) in [7, 11) is 0. The lowest BCUT2D eigenvalue weighted by Gasteiger charge is -2.11. The molecule has 0 saturated carbocycles. The summed E-state index contributed by atoms with van der Waals surface area (Å²) in [4.78, 5) is 10.8. The van der Waals surface area contributed by atoms with Crippen LogP contribution >= 0.6 is 0 Å². The number of hydrogen-bond donors (Lipinski definition) is 2. The smallest absolute Gasteiger partial charge is 0.233 e. The molecule has 0 radical (unpaired) electrons. The quantitative estimate of drug-likeness (QED) is 0.267. The van der Waals surface area contributed by atoms with Gasteiger partial charge in [-0.1, -0.05) is 19.8 Å². The van der Waals surface area contributed by atoms with E-state index in [2.05, 4.69) is 19.3 Å². The third-order valence-corrected chi connectivity index (χ3v) is 2.31. The molecular formula is C11H24N2O2. The average Bonchev–Trinajstić information content (AvgIpc) is 2.23. The fourth-order valence-electron chi connectivity index (χ4n) is 1.41. The van der Waals surface area contributed by atoms with Gasteiger partial charge in [-0.2, -0.15) is 0 Å². The molecule has 0 aliphatic carbocycles. The molecule has 4 heteroatoms. The standard InChI is InChI=1S/C11H24N2O2/c1-3-7-10(2)15-9-6-4-5-8-11(14)13-12/h10H,3-9,12H2,1-2H3,(H,13,14). The Morgan fingerprint density at radius 3 is 2.73 bits per heavy atom. The predicted molar refractivity (Wildman–Crippen MR) is 61.1 cm³/mol. The van der Waals surface area contributed by atoms with E-state index in [1.54, 1.807) is 0 Å². The molecule has 1 amide bonds. The number of amides is 1. The van der Waals surface area contributed by atoms with Crippen molar-refractivity contribution in [1.82, 2.24) is 5.43 Å². The highest BCUT2D eigenvalue weighted by Gasteiger charge is 2.00. The highest BCUT2D eigenvalue weighted by Crippen LogP contribution is 2.04. The van der Waals surface area contributed by atoms with Crippen molar-refractivity contribution in [3.63, 3.8) is 0 Å². The second-order valence-electron chi connectivity index (χ2n) is 3.85. The van der Waals surface area contributed by atoms with Crippen LogP contribution in [0.3, 0.4) is 0 Å². The molecule has 1 atom stereocenters. The lowest BCUT2D eigenvalue weighted by atomic mass is 10.2. The summed E-state index contributed by atoms with van der Waals surface area (Å²) in [6, 6.07) is 0. The van der Waals surface area contributed by atoms with Gasteiger partial charge in [0.1, 0.15) is 0 Å². The van der Waals surface area contributed by atoms with E-state index >= 15 is 0 Å². The Morgan fingerprint density at radius 2 is 2.13 bits per heavy atom. The number of hydrazine groups is 1. The van der Waals surface area contributed by atoms with Gasteiger partial charge in [-0.25, -0.2) is 5.84 Å². The van der Waals surface area contributed by atoms with Gasteiger partial charge in [-0.15, -0.1) is 0 Å². The van der Waals surface area contributed by atoms with E-state index in [0.29, 0.717) is 12.5 Å². The molecule has 0 heterocycles. The molecule has 0 rings (SSSR count). The SMILES string of the molecule is CCCC(C)OCCCCCC(=O)NN. The number of nitrogens with two attached hydrogens (primary N) is 1. The summed E-state index contributed by atoms with van der Waals surface area (Å²) in [5.41, 5.74) is 2.12. The normalized spacial score (nSPS) is 12.5. The number of hydrogen-bond acceptors (Lipinski definition) is 3. The molecule has 0 aromatic heterocycles. The molecule has 0 fully saturated rings. The maximum atomic E-state index is 10.8. The molecule has 4 nitrogen and oxygen atoms in total. The number of carbonyl (C=O) groups excluding carboxylic acids is 1. The first kappa shape index (κ1) is 14.4. The van der Waals surface area contributed by atoms with Crippen LogP contribution in [0.25, 0.3) is 0 Å². The Bertz CT molecular complexity index is 163. The van der Waals surface area contributed by atoms with Crippen molar-refractivity contribution in [3.8, 4) is 0 Å². The van der Waals surface area contributed by atoms with Gasteiger partial charge >= 0.3 is 0 Å². The lowest BCUT2D eigenvalue weighted by Crippen LogP contribution is -2.29. The van der Waals surface area contributed by atoms with Gasteiger partial charge in [0.25, 0.3) is 0 Å². The fourth-order valence-corrected chi connectivity index (χ4v) is 1.41. The second-order valence-corrected chi connectivity index (χ2v) is 3.85. The molecule has 90 valence electrons. The predicted octanol–water partition coefficient (Wildman–Crippen LogP) is 1.74. The van der Waals surface area contributed by atoms with Crippen LogP contribution < -0.4 is 11.3 Å². The summed E-state index contributed by atoms with van der Waals surface area (Å²) in [6.45, 7) is 5.06. The van der Waals surface area contributed by atoms with Crippen LogP contribution in [0.15, 0.2) is 0 Å². The number of unbranched alkanes of at least 4 members (excludes halogenated alkanes) is 2. The van der Waals surface area contributed by atoms with Gasteiger partial charge in [-0.3, -0.25) is 10.2 Å². The molecule has 3 N–H and O–H groups in total. The summed E-state index contributed by atoms with van der Waals surface area (Å²) >= 11 is 0. The number of rotatable bonds is 9. The van der Waals surface area contributed by atoms with Crippen molar-refractivity contribution in [2.24, 2.45) is 5.84 Å². The second kappa shape index (κ2) is 9.93. The zero-order valence-electron chi connectivity index (χ0n) is 9.92. The van der Waals surface area contributed by atoms with E-state index in [0.717, 1.165) is 38.7 Å². The molecule has 0 aromatic rings. The third kappa shape index (κ3) is 9.69. The molecule has 0 aliphatic rings.